The quantitative estimate of drug-likeness (QED) is 0.787. The van der Waals surface area contributed by atoms with E-state index in [0.29, 0.717) is 36.8 Å². The lowest BCUT2D eigenvalue weighted by molar-refractivity contribution is -0.132. The number of rotatable bonds is 5. The van der Waals surface area contributed by atoms with Crippen LogP contribution in [0.4, 0.5) is 0 Å². The Morgan fingerprint density at radius 2 is 2.26 bits per heavy atom. The highest BCUT2D eigenvalue weighted by atomic mass is 35.5. The monoisotopic (exact) mass is 334 g/mol. The van der Waals surface area contributed by atoms with Crippen molar-refractivity contribution < 1.29 is 14.1 Å². The van der Waals surface area contributed by atoms with Crippen molar-refractivity contribution in [1.29, 1.82) is 0 Å². The van der Waals surface area contributed by atoms with E-state index in [1.165, 1.54) is 0 Å². The highest BCUT2D eigenvalue weighted by Gasteiger charge is 2.25. The number of ether oxygens (including phenoxy) is 1. The zero-order valence-electron chi connectivity index (χ0n) is 13.0. The van der Waals surface area contributed by atoms with Crippen LogP contribution in [0.25, 0.3) is 0 Å². The van der Waals surface area contributed by atoms with Crippen molar-refractivity contribution >= 4 is 17.5 Å². The van der Waals surface area contributed by atoms with Crippen molar-refractivity contribution in [2.75, 3.05) is 13.2 Å². The maximum absolute atomic E-state index is 12.3. The van der Waals surface area contributed by atoms with E-state index >= 15 is 0 Å². The van der Waals surface area contributed by atoms with Crippen LogP contribution in [-0.2, 0) is 17.8 Å². The number of carbonyl (C=O) groups is 1. The van der Waals surface area contributed by atoms with Crippen LogP contribution in [0.3, 0.4) is 0 Å². The van der Waals surface area contributed by atoms with Gasteiger partial charge in [0.15, 0.2) is 5.76 Å². The molecule has 0 bridgehead atoms. The molecule has 2 aromatic rings. The number of fused-ring (bicyclic) bond motifs is 1. The van der Waals surface area contributed by atoms with Gasteiger partial charge in [0.25, 0.3) is 0 Å². The molecule has 5 nitrogen and oxygen atoms in total. The summed E-state index contributed by atoms with van der Waals surface area (Å²) in [4.78, 5) is 14.1. The van der Waals surface area contributed by atoms with Gasteiger partial charge < -0.3 is 14.2 Å². The molecule has 0 aliphatic carbocycles. The van der Waals surface area contributed by atoms with Crippen LogP contribution in [0.2, 0.25) is 5.02 Å². The summed E-state index contributed by atoms with van der Waals surface area (Å²) in [5.74, 6) is 1.59. The van der Waals surface area contributed by atoms with Crippen LogP contribution >= 0.6 is 11.6 Å². The Labute approximate surface area is 140 Å². The first kappa shape index (κ1) is 15.9. The third kappa shape index (κ3) is 3.67. The zero-order valence-corrected chi connectivity index (χ0v) is 13.8. The van der Waals surface area contributed by atoms with Gasteiger partial charge in [0, 0.05) is 18.5 Å². The minimum atomic E-state index is 0.118. The van der Waals surface area contributed by atoms with Crippen molar-refractivity contribution in [1.82, 2.24) is 10.1 Å². The Balaban J connectivity index is 1.44. The topological polar surface area (TPSA) is 55.6 Å². The number of nitrogens with zero attached hydrogens (tertiary/aromatic N) is 2. The molecule has 2 heterocycles. The molecule has 0 radical (unpaired) electrons. The molecule has 1 aliphatic rings. The van der Waals surface area contributed by atoms with E-state index in [-0.39, 0.29) is 5.91 Å². The molecule has 1 aromatic carbocycles. The second-order valence-corrected chi connectivity index (χ2v) is 6.02. The van der Waals surface area contributed by atoms with Gasteiger partial charge in [-0.3, -0.25) is 4.79 Å². The maximum Gasteiger partial charge on any atom is 0.223 e. The van der Waals surface area contributed by atoms with Gasteiger partial charge in [0.05, 0.1) is 23.9 Å². The number of aromatic nitrogens is 1. The van der Waals surface area contributed by atoms with E-state index in [0.717, 1.165) is 30.0 Å². The number of hydrogen-bond acceptors (Lipinski definition) is 4. The number of halogens is 1. The molecule has 0 fully saturated rings. The van der Waals surface area contributed by atoms with Gasteiger partial charge in [-0.2, -0.15) is 0 Å². The van der Waals surface area contributed by atoms with Gasteiger partial charge in [0.2, 0.25) is 5.91 Å². The first-order valence-corrected chi connectivity index (χ1v) is 8.12. The van der Waals surface area contributed by atoms with E-state index in [4.69, 9.17) is 20.9 Å². The molecule has 3 rings (SSSR count). The Morgan fingerprint density at radius 3 is 3.09 bits per heavy atom. The van der Waals surface area contributed by atoms with E-state index in [1.807, 2.05) is 30.0 Å². The van der Waals surface area contributed by atoms with Gasteiger partial charge in [0.1, 0.15) is 5.75 Å². The Bertz CT molecular complexity index is 699. The van der Waals surface area contributed by atoms with Crippen LogP contribution in [0.5, 0.6) is 5.75 Å². The van der Waals surface area contributed by atoms with Crippen molar-refractivity contribution in [3.05, 3.63) is 46.3 Å². The molecule has 0 saturated carbocycles. The van der Waals surface area contributed by atoms with E-state index < -0.39 is 0 Å². The third-order valence-electron chi connectivity index (χ3n) is 4.01. The second kappa shape index (κ2) is 7.04. The Hall–Kier alpha value is -2.01. The molecule has 0 N–H and O–H groups in total. The summed E-state index contributed by atoms with van der Waals surface area (Å²) >= 11 is 6.02. The van der Waals surface area contributed by atoms with Gasteiger partial charge in [-0.1, -0.05) is 28.9 Å². The zero-order chi connectivity index (χ0) is 16.2. The van der Waals surface area contributed by atoms with Crippen LogP contribution < -0.4 is 4.74 Å². The lowest BCUT2D eigenvalue weighted by atomic mass is 10.1. The molecule has 1 aromatic heterocycles. The van der Waals surface area contributed by atoms with Gasteiger partial charge >= 0.3 is 0 Å². The molecule has 6 heteroatoms. The lowest BCUT2D eigenvalue weighted by Gasteiger charge is -2.25. The van der Waals surface area contributed by atoms with Crippen LogP contribution in [0.1, 0.15) is 29.9 Å². The second-order valence-electron chi connectivity index (χ2n) is 5.62. The van der Waals surface area contributed by atoms with Crippen LogP contribution in [0, 0.1) is 6.92 Å². The van der Waals surface area contributed by atoms with Crippen molar-refractivity contribution in [2.24, 2.45) is 0 Å². The van der Waals surface area contributed by atoms with Crippen molar-refractivity contribution in [3.8, 4) is 5.75 Å². The van der Waals surface area contributed by atoms with Crippen LogP contribution in [0.15, 0.2) is 28.8 Å². The first-order chi connectivity index (χ1) is 11.1. The predicted molar refractivity (Wildman–Crippen MR) is 86.5 cm³/mol. The van der Waals surface area contributed by atoms with E-state index in [9.17, 15) is 4.79 Å². The Kier molecular flexibility index (Phi) is 4.86. The van der Waals surface area contributed by atoms with Crippen LogP contribution in [-0.4, -0.2) is 29.1 Å². The number of amides is 1. The average Bonchev–Trinajstić information content (AvgIpc) is 2.93. The summed E-state index contributed by atoms with van der Waals surface area (Å²) in [6.07, 6.45) is 1.92. The summed E-state index contributed by atoms with van der Waals surface area (Å²) in [5, 5.41) is 4.55. The molecule has 0 atom stereocenters. The normalized spacial score (nSPS) is 13.7. The van der Waals surface area contributed by atoms with E-state index in [1.54, 1.807) is 6.07 Å². The van der Waals surface area contributed by atoms with Gasteiger partial charge in [-0.05, 0) is 31.9 Å². The SMILES string of the molecule is Cc1noc2c1CCN(C(=O)CCCOc1ccccc1Cl)C2. The fourth-order valence-electron chi connectivity index (χ4n) is 2.72. The molecular formula is C17H19ClN2O3. The smallest absolute Gasteiger partial charge is 0.223 e. The molecular weight excluding hydrogens is 316 g/mol. The third-order valence-corrected chi connectivity index (χ3v) is 4.33. The number of benzene rings is 1. The molecule has 1 amide bonds. The standard InChI is InChI=1S/C17H19ClN2O3/c1-12-13-8-9-20(11-16(13)23-19-12)17(21)7-4-10-22-15-6-3-2-5-14(15)18/h2-3,5-6H,4,7-11H2,1H3. The number of hydrogen-bond donors (Lipinski definition) is 0. The first-order valence-electron chi connectivity index (χ1n) is 7.74. The van der Waals surface area contributed by atoms with Gasteiger partial charge in [-0.15, -0.1) is 0 Å². The molecule has 23 heavy (non-hydrogen) atoms. The number of para-hydroxylation sites is 1. The molecule has 0 spiro atoms. The summed E-state index contributed by atoms with van der Waals surface area (Å²) < 4.78 is 10.9. The average molecular weight is 335 g/mol. The molecule has 1 aliphatic heterocycles. The van der Waals surface area contributed by atoms with Crippen molar-refractivity contribution in [3.63, 3.8) is 0 Å². The summed E-state index contributed by atoms with van der Waals surface area (Å²) in [6.45, 7) is 3.64. The predicted octanol–water partition coefficient (Wildman–Crippen LogP) is 3.38. The summed E-state index contributed by atoms with van der Waals surface area (Å²) in [7, 11) is 0. The van der Waals surface area contributed by atoms with Crippen molar-refractivity contribution in [2.45, 2.75) is 32.7 Å². The highest BCUT2D eigenvalue weighted by molar-refractivity contribution is 6.32. The maximum atomic E-state index is 12.3. The fourth-order valence-corrected chi connectivity index (χ4v) is 2.91. The minimum Gasteiger partial charge on any atom is -0.492 e. The number of carbonyl (C=O) groups excluding carboxylic acids is 1. The molecule has 0 unspecified atom stereocenters. The molecule has 122 valence electrons. The highest BCUT2D eigenvalue weighted by Crippen LogP contribution is 2.24. The lowest BCUT2D eigenvalue weighted by Crippen LogP contribution is -2.35. The Morgan fingerprint density at radius 1 is 1.43 bits per heavy atom. The van der Waals surface area contributed by atoms with E-state index in [2.05, 4.69) is 5.16 Å². The molecule has 0 saturated heterocycles. The summed E-state index contributed by atoms with van der Waals surface area (Å²) in [6, 6.07) is 7.33. The fraction of sp³-hybridized carbons (Fsp3) is 0.412. The summed E-state index contributed by atoms with van der Waals surface area (Å²) in [5.41, 5.74) is 2.08. The number of aryl methyl sites for hydroxylation is 1. The largest absolute Gasteiger partial charge is 0.492 e. The minimum absolute atomic E-state index is 0.118. The van der Waals surface area contributed by atoms with Gasteiger partial charge in [-0.25, -0.2) is 0 Å².